The van der Waals surface area contributed by atoms with Crippen LogP contribution < -0.4 is 10.1 Å². The van der Waals surface area contributed by atoms with Gasteiger partial charge in [0.05, 0.1) is 10.7 Å². The molecule has 156 valence electrons. The molecule has 6 heteroatoms. The molecule has 0 spiro atoms. The molecule has 0 bridgehead atoms. The number of carbonyl (C=O) groups is 1. The van der Waals surface area contributed by atoms with Crippen LogP contribution in [-0.2, 0) is 27.7 Å². The summed E-state index contributed by atoms with van der Waals surface area (Å²) in [4.78, 5) is 12.1. The molecule has 0 saturated heterocycles. The Morgan fingerprint density at radius 2 is 1.87 bits per heavy atom. The summed E-state index contributed by atoms with van der Waals surface area (Å²) in [6.07, 6.45) is 1.12. The van der Waals surface area contributed by atoms with E-state index in [0.717, 1.165) is 27.6 Å². The van der Waals surface area contributed by atoms with Gasteiger partial charge in [-0.25, -0.2) is 0 Å². The fourth-order valence-electron chi connectivity index (χ4n) is 3.89. The van der Waals surface area contributed by atoms with Crippen molar-refractivity contribution in [2.75, 3.05) is 11.9 Å². The van der Waals surface area contributed by atoms with E-state index in [1.165, 1.54) is 0 Å². The summed E-state index contributed by atoms with van der Waals surface area (Å²) >= 11 is -2.25. The van der Waals surface area contributed by atoms with Gasteiger partial charge in [0.1, 0.15) is 12.4 Å². The second kappa shape index (κ2) is 8.20. The molecule has 1 aliphatic rings. The van der Waals surface area contributed by atoms with Gasteiger partial charge >= 0.3 is 0 Å². The maximum atomic E-state index is 12.1. The van der Waals surface area contributed by atoms with E-state index in [0.29, 0.717) is 18.6 Å². The lowest BCUT2D eigenvalue weighted by molar-refractivity contribution is -0.119. The highest BCUT2D eigenvalue weighted by Crippen LogP contribution is 2.39. The van der Waals surface area contributed by atoms with E-state index in [9.17, 15) is 13.6 Å². The molecule has 3 aromatic rings. The average Bonchev–Trinajstić information content (AvgIpc) is 2.96. The van der Waals surface area contributed by atoms with Crippen molar-refractivity contribution >= 4 is 33.4 Å². The van der Waals surface area contributed by atoms with Gasteiger partial charge in [0, 0.05) is 5.69 Å². The number of amides is 1. The van der Waals surface area contributed by atoms with Crippen LogP contribution in [0.5, 0.6) is 5.75 Å². The second-order valence-corrected chi connectivity index (χ2v) is 9.34. The highest BCUT2D eigenvalue weighted by atomic mass is 32.2. The van der Waals surface area contributed by atoms with E-state index in [2.05, 4.69) is 23.5 Å². The van der Waals surface area contributed by atoms with Gasteiger partial charge in [-0.15, -0.1) is 0 Å². The zero-order valence-corrected chi connectivity index (χ0v) is 17.8. The van der Waals surface area contributed by atoms with Crippen LogP contribution in [0.25, 0.3) is 10.8 Å². The van der Waals surface area contributed by atoms with E-state index in [1.807, 2.05) is 44.2 Å². The van der Waals surface area contributed by atoms with Gasteiger partial charge in [0.15, 0.2) is 0 Å². The first-order valence-corrected chi connectivity index (χ1v) is 11.1. The third-order valence-electron chi connectivity index (χ3n) is 5.80. The van der Waals surface area contributed by atoms with Crippen LogP contribution >= 0.6 is 0 Å². The first-order valence-electron chi connectivity index (χ1n) is 10.00. The lowest BCUT2D eigenvalue weighted by Gasteiger charge is -2.21. The number of nitrogens with one attached hydrogen (secondary N) is 1. The van der Waals surface area contributed by atoms with Crippen LogP contribution in [0.1, 0.15) is 31.4 Å². The fraction of sp³-hybridized carbons (Fsp3) is 0.292. The summed E-state index contributed by atoms with van der Waals surface area (Å²) in [7, 11) is 0. The van der Waals surface area contributed by atoms with Gasteiger partial charge in [-0.2, -0.15) is 0 Å². The Morgan fingerprint density at radius 3 is 2.67 bits per heavy atom. The summed E-state index contributed by atoms with van der Waals surface area (Å²) in [5.41, 5.74) is 2.13. The standard InChI is InChI=1S/C24H25NO4S/c1-24(2)21-14-18(11-13-22(21)25-23(24)26)29-15-19(30(27)28)12-10-17-8-5-7-16-6-3-4-9-20(16)17/h3-9,11,13-14,19H,10,12,15H2,1-2H3,(H,25,26)(H,27,28)/p-1. The number of rotatable bonds is 7. The minimum Gasteiger partial charge on any atom is -0.772 e. The Hall–Kier alpha value is -2.70. The quantitative estimate of drug-likeness (QED) is 0.575. The first kappa shape index (κ1) is 20.6. The molecule has 5 nitrogen and oxygen atoms in total. The van der Waals surface area contributed by atoms with E-state index < -0.39 is 21.7 Å². The van der Waals surface area contributed by atoms with Crippen LogP contribution in [0.3, 0.4) is 0 Å². The highest BCUT2D eigenvalue weighted by molar-refractivity contribution is 7.79. The van der Waals surface area contributed by atoms with Crippen molar-refractivity contribution < 1.29 is 18.3 Å². The number of carbonyl (C=O) groups excluding carboxylic acids is 1. The van der Waals surface area contributed by atoms with Crippen LogP contribution in [0.15, 0.2) is 60.7 Å². The molecular formula is C24H24NO4S-. The Balaban J connectivity index is 1.44. The predicted molar refractivity (Wildman–Crippen MR) is 119 cm³/mol. The van der Waals surface area contributed by atoms with Crippen LogP contribution in [0.2, 0.25) is 0 Å². The molecule has 1 aliphatic heterocycles. The number of benzene rings is 3. The smallest absolute Gasteiger partial charge is 0.234 e. The molecule has 0 fully saturated rings. The van der Waals surface area contributed by atoms with Gasteiger partial charge in [-0.1, -0.05) is 42.5 Å². The molecule has 1 amide bonds. The first-order chi connectivity index (χ1) is 14.4. The van der Waals surface area contributed by atoms with Gasteiger partial charge in [0.2, 0.25) is 5.91 Å². The van der Waals surface area contributed by atoms with E-state index in [1.54, 1.807) is 12.1 Å². The number of aryl methyl sites for hydroxylation is 1. The average molecular weight is 423 g/mol. The molecule has 30 heavy (non-hydrogen) atoms. The van der Waals surface area contributed by atoms with Gasteiger partial charge in [0.25, 0.3) is 0 Å². The minimum atomic E-state index is -2.25. The summed E-state index contributed by atoms with van der Waals surface area (Å²) in [6, 6.07) is 19.6. The van der Waals surface area contributed by atoms with Gasteiger partial charge in [-0.3, -0.25) is 9.00 Å². The number of ether oxygens (including phenoxy) is 1. The van der Waals surface area contributed by atoms with Crippen molar-refractivity contribution in [1.82, 2.24) is 0 Å². The minimum absolute atomic E-state index is 0.0525. The molecule has 1 heterocycles. The summed E-state index contributed by atoms with van der Waals surface area (Å²) in [5, 5.41) is 4.53. The number of anilines is 1. The number of hydrogen-bond acceptors (Lipinski definition) is 4. The van der Waals surface area contributed by atoms with Gasteiger partial charge < -0.3 is 14.6 Å². The maximum Gasteiger partial charge on any atom is 0.234 e. The zero-order valence-electron chi connectivity index (χ0n) is 17.0. The largest absolute Gasteiger partial charge is 0.772 e. The van der Waals surface area contributed by atoms with Crippen molar-refractivity contribution in [2.24, 2.45) is 0 Å². The van der Waals surface area contributed by atoms with Crippen molar-refractivity contribution in [3.63, 3.8) is 0 Å². The molecule has 0 radical (unpaired) electrons. The molecule has 0 aromatic heterocycles. The number of fused-ring (bicyclic) bond motifs is 2. The van der Waals surface area contributed by atoms with Crippen LogP contribution in [0, 0.1) is 0 Å². The molecular weight excluding hydrogens is 398 g/mol. The molecule has 0 aliphatic carbocycles. The Kier molecular flexibility index (Phi) is 5.62. The maximum absolute atomic E-state index is 12.1. The molecule has 0 saturated carbocycles. The lowest BCUT2D eigenvalue weighted by Crippen LogP contribution is -2.27. The molecule has 3 aromatic carbocycles. The summed E-state index contributed by atoms with van der Waals surface area (Å²) < 4.78 is 29.4. The Bertz CT molecular complexity index is 1120. The molecule has 1 N–H and O–H groups in total. The van der Waals surface area contributed by atoms with Crippen molar-refractivity contribution in [1.29, 1.82) is 0 Å². The SMILES string of the molecule is CC1(C)C(=O)Nc2ccc(OCC(CCc3cccc4ccccc34)S(=O)[O-])cc21. The van der Waals surface area contributed by atoms with E-state index in [-0.39, 0.29) is 12.5 Å². The van der Waals surface area contributed by atoms with Crippen LogP contribution in [-0.4, -0.2) is 26.5 Å². The Labute approximate surface area is 178 Å². The molecule has 2 atom stereocenters. The summed E-state index contributed by atoms with van der Waals surface area (Å²) in [6.45, 7) is 3.79. The topological polar surface area (TPSA) is 78.5 Å². The molecule has 2 unspecified atom stereocenters. The third-order valence-corrected chi connectivity index (χ3v) is 6.72. The second-order valence-electron chi connectivity index (χ2n) is 8.16. The van der Waals surface area contributed by atoms with Crippen LogP contribution in [0.4, 0.5) is 5.69 Å². The van der Waals surface area contributed by atoms with Gasteiger partial charge in [-0.05, 0) is 77.9 Å². The monoisotopic (exact) mass is 422 g/mol. The highest BCUT2D eigenvalue weighted by Gasteiger charge is 2.38. The number of hydrogen-bond donors (Lipinski definition) is 1. The van der Waals surface area contributed by atoms with Crippen molar-refractivity contribution in [3.8, 4) is 5.75 Å². The molecule has 4 rings (SSSR count). The lowest BCUT2D eigenvalue weighted by atomic mass is 9.86. The zero-order chi connectivity index (χ0) is 21.3. The fourth-order valence-corrected chi connectivity index (χ4v) is 4.38. The normalized spacial score (nSPS) is 16.7. The van der Waals surface area contributed by atoms with E-state index in [4.69, 9.17) is 4.74 Å². The van der Waals surface area contributed by atoms with Crippen molar-refractivity contribution in [2.45, 2.75) is 37.4 Å². The van der Waals surface area contributed by atoms with E-state index >= 15 is 0 Å². The van der Waals surface area contributed by atoms with Crippen molar-refractivity contribution in [3.05, 3.63) is 71.8 Å². The third kappa shape index (κ3) is 3.98. The predicted octanol–water partition coefficient (Wildman–Crippen LogP) is 4.33. The Morgan fingerprint density at radius 1 is 1.10 bits per heavy atom. The summed E-state index contributed by atoms with van der Waals surface area (Å²) in [5.74, 6) is 0.516.